The predicted molar refractivity (Wildman–Crippen MR) is 77.0 cm³/mol. The van der Waals surface area contributed by atoms with Crippen molar-refractivity contribution in [3.05, 3.63) is 29.6 Å². The van der Waals surface area contributed by atoms with Crippen molar-refractivity contribution in [2.45, 2.75) is 45.1 Å². The molecular weight excluding hydrogens is 249 g/mol. The van der Waals surface area contributed by atoms with Crippen molar-refractivity contribution in [2.24, 2.45) is 0 Å². The lowest BCUT2D eigenvalue weighted by atomic mass is 10.0. The Bertz CT molecular complexity index is 382. The van der Waals surface area contributed by atoms with Crippen molar-refractivity contribution in [3.63, 3.8) is 0 Å². The second-order valence-electron chi connectivity index (χ2n) is 4.89. The van der Waals surface area contributed by atoms with Crippen LogP contribution in [0.2, 0.25) is 0 Å². The summed E-state index contributed by atoms with van der Waals surface area (Å²) in [6, 6.07) is 4.87. The average molecular weight is 271 g/mol. The first-order valence-electron chi connectivity index (χ1n) is 6.27. The highest BCUT2D eigenvalue weighted by Gasteiger charge is 2.09. The predicted octanol–water partition coefficient (Wildman–Crippen LogP) is 3.58. The van der Waals surface area contributed by atoms with Crippen LogP contribution in [0.3, 0.4) is 0 Å². The van der Waals surface area contributed by atoms with E-state index in [-0.39, 0.29) is 23.2 Å². The van der Waals surface area contributed by atoms with Gasteiger partial charge in [0, 0.05) is 18.0 Å². The Morgan fingerprint density at radius 3 is 2.44 bits per heavy atom. The highest BCUT2D eigenvalue weighted by molar-refractivity contribution is 7.80. The normalized spacial score (nSPS) is 14.6. The third-order valence-corrected chi connectivity index (χ3v) is 2.78. The molecule has 1 aromatic carbocycles. The summed E-state index contributed by atoms with van der Waals surface area (Å²) in [6.45, 7) is 8.65. The van der Waals surface area contributed by atoms with Gasteiger partial charge in [0.15, 0.2) is 0 Å². The average Bonchev–Trinajstić information content (AvgIpc) is 2.25. The first-order valence-corrected chi connectivity index (χ1v) is 6.78. The molecular formula is C14H22FNOS. The molecule has 2 nitrogen and oxygen atoms in total. The molecule has 0 heterocycles. The van der Waals surface area contributed by atoms with Gasteiger partial charge in [-0.2, -0.15) is 12.6 Å². The van der Waals surface area contributed by atoms with Gasteiger partial charge in [-0.05, 0) is 37.5 Å². The summed E-state index contributed by atoms with van der Waals surface area (Å²) in [6.07, 6.45) is -0.0265. The quantitative estimate of drug-likeness (QED) is 0.609. The van der Waals surface area contributed by atoms with Crippen LogP contribution in [0.15, 0.2) is 18.2 Å². The van der Waals surface area contributed by atoms with Crippen LogP contribution < -0.4 is 10.1 Å². The molecule has 0 spiro atoms. The number of benzene rings is 1. The lowest BCUT2D eigenvalue weighted by molar-refractivity contribution is 0.216. The van der Waals surface area contributed by atoms with E-state index in [2.05, 4.69) is 17.9 Å². The van der Waals surface area contributed by atoms with Gasteiger partial charge >= 0.3 is 0 Å². The molecule has 1 rings (SSSR count). The molecule has 4 heteroatoms. The van der Waals surface area contributed by atoms with Crippen molar-refractivity contribution in [2.75, 3.05) is 6.54 Å². The highest BCUT2D eigenvalue weighted by Crippen LogP contribution is 2.23. The number of thiol groups is 1. The maximum atomic E-state index is 13.4. The summed E-state index contributed by atoms with van der Waals surface area (Å²) < 4.78 is 19.1. The lowest BCUT2D eigenvalue weighted by Crippen LogP contribution is -2.32. The van der Waals surface area contributed by atoms with Crippen LogP contribution in [-0.4, -0.2) is 18.0 Å². The standard InChI is InChI=1S/C14H22FNOS/c1-9(2)12-5-13(15)7-14(6-12)17-10(3)8-16-11(4)18/h5-7,9-11,16,18H,8H2,1-4H3/t10-,11?/m0/s1. The molecule has 18 heavy (non-hydrogen) atoms. The first-order chi connectivity index (χ1) is 8.38. The highest BCUT2D eigenvalue weighted by atomic mass is 32.1. The Morgan fingerprint density at radius 1 is 1.22 bits per heavy atom. The monoisotopic (exact) mass is 271 g/mol. The van der Waals surface area contributed by atoms with Gasteiger partial charge in [-0.25, -0.2) is 4.39 Å². The number of rotatable bonds is 6. The molecule has 1 unspecified atom stereocenters. The largest absolute Gasteiger partial charge is 0.489 e. The second kappa shape index (κ2) is 7.00. The maximum Gasteiger partial charge on any atom is 0.127 e. The molecule has 2 atom stereocenters. The molecule has 0 saturated carbocycles. The maximum absolute atomic E-state index is 13.4. The van der Waals surface area contributed by atoms with Crippen LogP contribution in [0.1, 0.15) is 39.2 Å². The number of ether oxygens (including phenoxy) is 1. The fraction of sp³-hybridized carbons (Fsp3) is 0.571. The summed E-state index contributed by atoms with van der Waals surface area (Å²) >= 11 is 4.23. The van der Waals surface area contributed by atoms with E-state index in [1.807, 2.05) is 33.8 Å². The van der Waals surface area contributed by atoms with Gasteiger partial charge in [0.25, 0.3) is 0 Å². The molecule has 0 aromatic heterocycles. The van der Waals surface area contributed by atoms with E-state index in [1.165, 1.54) is 6.07 Å². The number of halogens is 1. The molecule has 0 aliphatic heterocycles. The minimum Gasteiger partial charge on any atom is -0.489 e. The zero-order valence-electron chi connectivity index (χ0n) is 11.4. The molecule has 0 aliphatic rings. The summed E-state index contributed by atoms with van der Waals surface area (Å²) in [7, 11) is 0. The van der Waals surface area contributed by atoms with Gasteiger partial charge in [0.1, 0.15) is 17.7 Å². The molecule has 0 aliphatic carbocycles. The second-order valence-corrected chi connectivity index (χ2v) is 5.66. The molecule has 0 bridgehead atoms. The van der Waals surface area contributed by atoms with Crippen molar-refractivity contribution in [3.8, 4) is 5.75 Å². The summed E-state index contributed by atoms with van der Waals surface area (Å²) in [5.74, 6) is 0.618. The van der Waals surface area contributed by atoms with Crippen LogP contribution in [-0.2, 0) is 0 Å². The van der Waals surface area contributed by atoms with Gasteiger partial charge < -0.3 is 10.1 Å². The zero-order valence-corrected chi connectivity index (χ0v) is 12.3. The van der Waals surface area contributed by atoms with E-state index in [1.54, 1.807) is 6.07 Å². The number of hydrogen-bond acceptors (Lipinski definition) is 3. The van der Waals surface area contributed by atoms with Gasteiger partial charge in [0.2, 0.25) is 0 Å². The van der Waals surface area contributed by atoms with E-state index in [4.69, 9.17) is 4.74 Å². The van der Waals surface area contributed by atoms with Crippen molar-refractivity contribution in [1.29, 1.82) is 0 Å². The van der Waals surface area contributed by atoms with Gasteiger partial charge in [-0.1, -0.05) is 13.8 Å². The van der Waals surface area contributed by atoms with Gasteiger partial charge in [-0.15, -0.1) is 0 Å². The third kappa shape index (κ3) is 5.27. The molecule has 1 aromatic rings. The van der Waals surface area contributed by atoms with Crippen molar-refractivity contribution < 1.29 is 9.13 Å². The summed E-state index contributed by atoms with van der Waals surface area (Å²) in [5, 5.41) is 3.28. The Balaban J connectivity index is 2.66. The van der Waals surface area contributed by atoms with E-state index in [0.717, 1.165) is 5.56 Å². The Labute approximate surface area is 114 Å². The lowest BCUT2D eigenvalue weighted by Gasteiger charge is -2.18. The third-order valence-electron chi connectivity index (χ3n) is 2.60. The molecule has 0 saturated heterocycles. The van der Waals surface area contributed by atoms with Crippen molar-refractivity contribution in [1.82, 2.24) is 5.32 Å². The smallest absolute Gasteiger partial charge is 0.127 e. The fourth-order valence-corrected chi connectivity index (χ4v) is 1.70. The van der Waals surface area contributed by atoms with E-state index in [9.17, 15) is 4.39 Å². The van der Waals surface area contributed by atoms with Crippen LogP contribution in [0.4, 0.5) is 4.39 Å². The van der Waals surface area contributed by atoms with Crippen LogP contribution >= 0.6 is 12.6 Å². The van der Waals surface area contributed by atoms with Crippen molar-refractivity contribution >= 4 is 12.6 Å². The van der Waals surface area contributed by atoms with Gasteiger partial charge in [-0.3, -0.25) is 0 Å². The number of hydrogen-bond donors (Lipinski definition) is 2. The molecule has 0 amide bonds. The molecule has 0 radical (unpaired) electrons. The number of nitrogens with one attached hydrogen (secondary N) is 1. The summed E-state index contributed by atoms with van der Waals surface area (Å²) in [4.78, 5) is 0. The fourth-order valence-electron chi connectivity index (χ4n) is 1.60. The van der Waals surface area contributed by atoms with Gasteiger partial charge in [0.05, 0.1) is 0 Å². The zero-order chi connectivity index (χ0) is 13.7. The van der Waals surface area contributed by atoms with Crippen LogP contribution in [0.25, 0.3) is 0 Å². The molecule has 102 valence electrons. The molecule has 0 fully saturated rings. The minimum atomic E-state index is -0.251. The Kier molecular flexibility index (Phi) is 5.96. The SMILES string of the molecule is CC(S)NC[C@H](C)Oc1cc(F)cc(C(C)C)c1. The Morgan fingerprint density at radius 2 is 1.89 bits per heavy atom. The molecule has 1 N–H and O–H groups in total. The van der Waals surface area contributed by atoms with Crippen LogP contribution in [0.5, 0.6) is 5.75 Å². The summed E-state index contributed by atoms with van der Waals surface area (Å²) in [5.41, 5.74) is 0.952. The van der Waals surface area contributed by atoms with E-state index in [0.29, 0.717) is 12.3 Å². The van der Waals surface area contributed by atoms with E-state index >= 15 is 0 Å². The topological polar surface area (TPSA) is 21.3 Å². The minimum absolute atomic E-state index is 0.0265. The first kappa shape index (κ1) is 15.3. The van der Waals surface area contributed by atoms with E-state index < -0.39 is 0 Å². The van der Waals surface area contributed by atoms with Crippen LogP contribution in [0, 0.1) is 5.82 Å². The Hall–Kier alpha value is -0.740.